The van der Waals surface area contributed by atoms with Crippen LogP contribution in [0.3, 0.4) is 0 Å². The van der Waals surface area contributed by atoms with Crippen molar-refractivity contribution in [3.05, 3.63) is 69.8 Å². The molecular formula is C28H30N2O14. The van der Waals surface area contributed by atoms with Crippen LogP contribution in [0.25, 0.3) is 0 Å². The van der Waals surface area contributed by atoms with E-state index in [-0.39, 0.29) is 23.5 Å². The largest absolute Gasteiger partial charge is 0.467 e. The molecule has 1 N–H and O–H groups in total. The van der Waals surface area contributed by atoms with Crippen LogP contribution in [-0.2, 0) is 60.8 Å². The summed E-state index contributed by atoms with van der Waals surface area (Å²) in [5, 5.41) is 14.0. The highest BCUT2D eigenvalue weighted by Gasteiger charge is 2.56. The minimum Gasteiger partial charge on any atom is -0.467 e. The van der Waals surface area contributed by atoms with Crippen LogP contribution >= 0.6 is 0 Å². The molecule has 1 amide bonds. The average molecular weight is 619 g/mol. The van der Waals surface area contributed by atoms with E-state index in [9.17, 15) is 34.1 Å². The summed E-state index contributed by atoms with van der Waals surface area (Å²) >= 11 is 0. The maximum atomic E-state index is 12.7. The van der Waals surface area contributed by atoms with E-state index in [1.807, 2.05) is 6.07 Å². The quantitative estimate of drug-likeness (QED) is 0.166. The molecule has 2 aromatic rings. The van der Waals surface area contributed by atoms with Gasteiger partial charge >= 0.3 is 30.0 Å². The lowest BCUT2D eigenvalue weighted by Crippen LogP contribution is -2.64. The number of nitrogens with zero attached hydrogens (tertiary/aromatic N) is 1. The third-order valence-electron chi connectivity index (χ3n) is 5.97. The van der Waals surface area contributed by atoms with Crippen molar-refractivity contribution in [2.45, 2.75) is 64.6 Å². The predicted octanol–water partition coefficient (Wildman–Crippen LogP) is 2.09. The summed E-state index contributed by atoms with van der Waals surface area (Å²) < 4.78 is 37.5. The monoisotopic (exact) mass is 618 g/mol. The molecule has 44 heavy (non-hydrogen) atoms. The number of nitrogens with one attached hydrogen (secondary N) is 1. The van der Waals surface area contributed by atoms with Gasteiger partial charge in [0.2, 0.25) is 12.4 Å². The second kappa shape index (κ2) is 15.3. The summed E-state index contributed by atoms with van der Waals surface area (Å²) in [5.41, 5.74) is 0.409. The lowest BCUT2D eigenvalue weighted by molar-refractivity contribution is -0.385. The molecule has 0 aliphatic carbocycles. The molecule has 5 atom stereocenters. The van der Waals surface area contributed by atoms with Gasteiger partial charge in [-0.3, -0.25) is 24.5 Å². The van der Waals surface area contributed by atoms with Crippen LogP contribution in [0.4, 0.5) is 10.5 Å². The van der Waals surface area contributed by atoms with E-state index in [2.05, 4.69) is 5.32 Å². The van der Waals surface area contributed by atoms with Crippen LogP contribution in [0.1, 0.15) is 31.9 Å². The normalized spacial score (nSPS) is 20.8. The van der Waals surface area contributed by atoms with Gasteiger partial charge in [-0.2, -0.15) is 0 Å². The molecule has 0 aromatic heterocycles. The third-order valence-corrected chi connectivity index (χ3v) is 5.97. The molecule has 1 aliphatic heterocycles. The minimum atomic E-state index is -1.73. The first-order valence-corrected chi connectivity index (χ1v) is 13.0. The number of amides is 1. The number of alkyl carbamates (subject to hydrolysis) is 1. The number of esters is 4. The Morgan fingerprint density at radius 1 is 0.886 bits per heavy atom. The Balaban J connectivity index is 1.94. The van der Waals surface area contributed by atoms with Crippen molar-refractivity contribution in [2.75, 3.05) is 7.11 Å². The molecule has 0 bridgehead atoms. The maximum absolute atomic E-state index is 12.7. The lowest BCUT2D eigenvalue weighted by Gasteiger charge is -2.43. The van der Waals surface area contributed by atoms with Gasteiger partial charge < -0.3 is 38.5 Å². The van der Waals surface area contributed by atoms with Crippen molar-refractivity contribution in [2.24, 2.45) is 0 Å². The molecule has 2 aromatic carbocycles. The second-order valence-electron chi connectivity index (χ2n) is 9.25. The molecular weight excluding hydrogens is 588 g/mol. The first-order valence-electron chi connectivity index (χ1n) is 13.0. The van der Waals surface area contributed by atoms with Crippen molar-refractivity contribution in [3.8, 4) is 5.75 Å². The molecule has 1 saturated heterocycles. The fourth-order valence-corrected chi connectivity index (χ4v) is 4.17. The fourth-order valence-electron chi connectivity index (χ4n) is 4.17. The zero-order valence-corrected chi connectivity index (χ0v) is 24.1. The molecule has 0 unspecified atom stereocenters. The predicted molar refractivity (Wildman–Crippen MR) is 145 cm³/mol. The van der Waals surface area contributed by atoms with Crippen LogP contribution in [0.15, 0.2) is 48.5 Å². The van der Waals surface area contributed by atoms with Crippen LogP contribution < -0.4 is 10.1 Å². The maximum Gasteiger partial charge on any atom is 0.407 e. The van der Waals surface area contributed by atoms with Crippen LogP contribution in [-0.4, -0.2) is 72.7 Å². The van der Waals surface area contributed by atoms with Gasteiger partial charge in [-0.05, 0) is 11.6 Å². The number of nitro groups is 1. The molecule has 0 spiro atoms. The molecule has 3 rings (SSSR count). The minimum absolute atomic E-state index is 0.0139. The molecule has 0 saturated carbocycles. The van der Waals surface area contributed by atoms with Gasteiger partial charge in [0.25, 0.3) is 5.69 Å². The average Bonchev–Trinajstić information content (AvgIpc) is 2.97. The van der Waals surface area contributed by atoms with E-state index in [1.54, 1.807) is 24.3 Å². The highest BCUT2D eigenvalue weighted by atomic mass is 16.7. The van der Waals surface area contributed by atoms with Crippen molar-refractivity contribution in [3.63, 3.8) is 0 Å². The Morgan fingerprint density at radius 3 is 2.09 bits per heavy atom. The zero-order valence-electron chi connectivity index (χ0n) is 24.1. The van der Waals surface area contributed by atoms with E-state index in [4.69, 9.17) is 33.2 Å². The molecule has 1 aliphatic rings. The fraction of sp³-hybridized carbons (Fsp3) is 0.393. The molecule has 236 valence electrons. The number of non-ortho nitro benzene ring substituents is 1. The zero-order chi connectivity index (χ0) is 32.4. The van der Waals surface area contributed by atoms with Crippen LogP contribution in [0, 0.1) is 10.1 Å². The van der Waals surface area contributed by atoms with Gasteiger partial charge in [0.15, 0.2) is 18.3 Å². The number of benzene rings is 2. The van der Waals surface area contributed by atoms with Crippen LogP contribution in [0.2, 0.25) is 0 Å². The molecule has 0 radical (unpaired) electrons. The van der Waals surface area contributed by atoms with Crippen molar-refractivity contribution < 1.29 is 62.1 Å². The summed E-state index contributed by atoms with van der Waals surface area (Å²) in [6.07, 6.45) is -9.17. The van der Waals surface area contributed by atoms with E-state index in [1.165, 1.54) is 6.07 Å². The third kappa shape index (κ3) is 9.12. The summed E-state index contributed by atoms with van der Waals surface area (Å²) in [5.74, 6) is -3.86. The molecule has 16 heteroatoms. The summed E-state index contributed by atoms with van der Waals surface area (Å²) in [6.45, 7) is 2.72. The number of nitro benzene ring substituents is 1. The Hall–Kier alpha value is -5.25. The molecule has 16 nitrogen and oxygen atoms in total. The Morgan fingerprint density at radius 2 is 1.50 bits per heavy atom. The number of methoxy groups -OCH3 is 1. The summed E-state index contributed by atoms with van der Waals surface area (Å²) in [6, 6.07) is 12.3. The highest BCUT2D eigenvalue weighted by molar-refractivity contribution is 5.77. The van der Waals surface area contributed by atoms with Gasteiger partial charge in [-0.25, -0.2) is 9.59 Å². The van der Waals surface area contributed by atoms with E-state index < -0.39 is 72.2 Å². The Bertz CT molecular complexity index is 1380. The number of rotatable bonds is 11. The van der Waals surface area contributed by atoms with Gasteiger partial charge in [0.1, 0.15) is 12.4 Å². The lowest BCUT2D eigenvalue weighted by atomic mass is 9.97. The standard InChI is InChI=1S/C28H30N2O14/c1-15(31)40-22-23(41-16(2)32)25(42-17(3)33)27(44-24(22)26(34)38-4)43-21-11-10-20(30(36)37)12-19(21)14-39-28(35)29-13-18-8-6-5-7-9-18/h5-12,22-25,27H,13-14H2,1-4H3,(H,29,35)/t22-,23-,24-,25+,27+/m0/s1. The topological polar surface area (TPSA) is 205 Å². The first-order chi connectivity index (χ1) is 20.9. The number of ether oxygens (including phenoxy) is 7. The van der Waals surface area contributed by atoms with Crippen molar-refractivity contribution in [1.29, 1.82) is 0 Å². The Labute approximate surface area is 250 Å². The van der Waals surface area contributed by atoms with Crippen LogP contribution in [0.5, 0.6) is 5.75 Å². The van der Waals surface area contributed by atoms with Gasteiger partial charge in [0.05, 0.1) is 12.0 Å². The smallest absolute Gasteiger partial charge is 0.407 e. The SMILES string of the molecule is COC(=O)[C@H]1O[C@@H](Oc2ccc([N+](=O)[O-])cc2COC(=O)NCc2ccccc2)[C@H](OC(C)=O)[C@@H](OC(C)=O)[C@@H]1OC(C)=O. The Kier molecular flexibility index (Phi) is 11.6. The highest BCUT2D eigenvalue weighted by Crippen LogP contribution is 2.33. The molecule has 1 fully saturated rings. The first kappa shape index (κ1) is 33.3. The summed E-state index contributed by atoms with van der Waals surface area (Å²) in [4.78, 5) is 71.8. The number of hydrogen-bond donors (Lipinski definition) is 1. The second-order valence-corrected chi connectivity index (χ2v) is 9.25. The molecule has 1 heterocycles. The number of hydrogen-bond acceptors (Lipinski definition) is 14. The number of carbonyl (C=O) groups excluding carboxylic acids is 5. The van der Waals surface area contributed by atoms with Gasteiger partial charge in [0, 0.05) is 45.0 Å². The summed E-state index contributed by atoms with van der Waals surface area (Å²) in [7, 11) is 1.03. The van der Waals surface area contributed by atoms with Crippen molar-refractivity contribution >= 4 is 35.7 Å². The van der Waals surface area contributed by atoms with E-state index in [0.29, 0.717) is 0 Å². The van der Waals surface area contributed by atoms with E-state index in [0.717, 1.165) is 45.6 Å². The van der Waals surface area contributed by atoms with Gasteiger partial charge in [-0.1, -0.05) is 30.3 Å². The number of carbonyl (C=O) groups is 5. The van der Waals surface area contributed by atoms with Crippen molar-refractivity contribution in [1.82, 2.24) is 5.32 Å². The van der Waals surface area contributed by atoms with Gasteiger partial charge in [-0.15, -0.1) is 0 Å². The van der Waals surface area contributed by atoms with E-state index >= 15 is 0 Å².